The number of benzene rings is 8. The molecule has 0 aliphatic rings. The van der Waals surface area contributed by atoms with Crippen molar-refractivity contribution in [1.29, 1.82) is 0 Å². The topological polar surface area (TPSA) is 56.7 Å². The summed E-state index contributed by atoms with van der Waals surface area (Å²) in [4.78, 5) is 15.2. The van der Waals surface area contributed by atoms with Gasteiger partial charge in [0.1, 0.15) is 11.2 Å². The number of para-hydroxylation sites is 2. The van der Waals surface area contributed by atoms with Crippen molar-refractivity contribution in [3.8, 4) is 51.0 Å². The molecular weight excluding hydrogens is 661 g/mol. The summed E-state index contributed by atoms with van der Waals surface area (Å²) >= 11 is 0. The second kappa shape index (κ2) is 12.1. The fourth-order valence-electron chi connectivity index (χ4n) is 7.93. The molecule has 5 nitrogen and oxygen atoms in total. The van der Waals surface area contributed by atoms with Gasteiger partial charge in [0.05, 0.1) is 11.0 Å². The summed E-state index contributed by atoms with van der Waals surface area (Å²) in [5.74, 6) is 1.83. The van der Waals surface area contributed by atoms with Crippen LogP contribution in [0.3, 0.4) is 0 Å². The van der Waals surface area contributed by atoms with E-state index in [1.54, 1.807) is 0 Å². The molecule has 11 aromatic rings. The molecule has 0 N–H and O–H groups in total. The zero-order valence-corrected chi connectivity index (χ0v) is 29.0. The van der Waals surface area contributed by atoms with E-state index in [0.29, 0.717) is 17.5 Å². The highest BCUT2D eigenvalue weighted by molar-refractivity contribution is 6.13. The molecule has 8 aromatic carbocycles. The van der Waals surface area contributed by atoms with E-state index in [-0.39, 0.29) is 0 Å². The minimum absolute atomic E-state index is 0.586. The minimum Gasteiger partial charge on any atom is -0.455 e. The van der Waals surface area contributed by atoms with E-state index >= 15 is 0 Å². The highest BCUT2D eigenvalue weighted by Gasteiger charge is 2.20. The summed E-state index contributed by atoms with van der Waals surface area (Å²) in [5.41, 5.74) is 9.89. The van der Waals surface area contributed by atoms with Crippen LogP contribution in [0.15, 0.2) is 186 Å². The van der Waals surface area contributed by atoms with Crippen molar-refractivity contribution in [3.63, 3.8) is 0 Å². The fourth-order valence-corrected chi connectivity index (χ4v) is 7.93. The Balaban J connectivity index is 1.14. The van der Waals surface area contributed by atoms with Gasteiger partial charge in [-0.15, -0.1) is 0 Å². The van der Waals surface area contributed by atoms with Crippen molar-refractivity contribution >= 4 is 54.5 Å². The monoisotopic (exact) mass is 690 g/mol. The Hall–Kier alpha value is -7.37. The molecule has 0 atom stereocenters. The van der Waals surface area contributed by atoms with Crippen LogP contribution in [-0.2, 0) is 0 Å². The molecule has 11 rings (SSSR count). The van der Waals surface area contributed by atoms with Crippen molar-refractivity contribution in [1.82, 2.24) is 19.5 Å². The largest absolute Gasteiger partial charge is 0.455 e. The smallest absolute Gasteiger partial charge is 0.164 e. The van der Waals surface area contributed by atoms with Crippen molar-refractivity contribution in [3.05, 3.63) is 182 Å². The number of rotatable bonds is 5. The molecule has 3 heterocycles. The standard InChI is InChI=1S/C49H30N4O/c1-3-14-32(15-4-1)41-29-35(53-43-24-11-9-21-37(43)38-22-10-12-25-44(38)53)30-42-39-27-26-34(28-45(39)54-46(41)42)48-50-47(33-17-5-2-6-18-33)51-49(52-48)40-23-13-19-31-16-7-8-20-36(31)40/h1-30H. The summed E-state index contributed by atoms with van der Waals surface area (Å²) in [5, 5.41) is 6.76. The highest BCUT2D eigenvalue weighted by Crippen LogP contribution is 2.41. The number of nitrogens with zero attached hydrogens (tertiary/aromatic N) is 4. The van der Waals surface area contributed by atoms with Gasteiger partial charge < -0.3 is 8.98 Å². The Morgan fingerprint density at radius 3 is 1.70 bits per heavy atom. The molecule has 0 spiro atoms. The molecule has 0 fully saturated rings. The molecule has 0 saturated carbocycles. The van der Waals surface area contributed by atoms with Crippen molar-refractivity contribution in [2.75, 3.05) is 0 Å². The average Bonchev–Trinajstić information content (AvgIpc) is 3.79. The third-order valence-electron chi connectivity index (χ3n) is 10.4. The lowest BCUT2D eigenvalue weighted by molar-refractivity contribution is 0.670. The first-order chi connectivity index (χ1) is 26.8. The number of hydrogen-bond donors (Lipinski definition) is 0. The van der Waals surface area contributed by atoms with Crippen LogP contribution in [0.1, 0.15) is 0 Å². The Morgan fingerprint density at radius 1 is 0.370 bits per heavy atom. The lowest BCUT2D eigenvalue weighted by Crippen LogP contribution is -2.00. The average molecular weight is 691 g/mol. The van der Waals surface area contributed by atoms with E-state index in [1.165, 1.54) is 21.8 Å². The molecule has 5 heteroatoms. The first kappa shape index (κ1) is 30.3. The van der Waals surface area contributed by atoms with Crippen LogP contribution in [0, 0.1) is 0 Å². The normalized spacial score (nSPS) is 11.7. The molecule has 0 saturated heterocycles. The van der Waals surface area contributed by atoms with E-state index in [1.807, 2.05) is 36.4 Å². The van der Waals surface area contributed by atoms with E-state index in [9.17, 15) is 0 Å². The lowest BCUT2D eigenvalue weighted by Gasteiger charge is -2.11. The number of hydrogen-bond acceptors (Lipinski definition) is 4. The summed E-state index contributed by atoms with van der Waals surface area (Å²) < 4.78 is 9.22. The zero-order chi connectivity index (χ0) is 35.6. The van der Waals surface area contributed by atoms with Gasteiger partial charge in [0.25, 0.3) is 0 Å². The lowest BCUT2D eigenvalue weighted by atomic mass is 10.0. The van der Waals surface area contributed by atoms with Gasteiger partial charge in [-0.1, -0.05) is 146 Å². The second-order valence-electron chi connectivity index (χ2n) is 13.6. The predicted octanol–water partition coefficient (Wildman–Crippen LogP) is 12.7. The van der Waals surface area contributed by atoms with Gasteiger partial charge in [-0.25, -0.2) is 15.0 Å². The molecule has 252 valence electrons. The third kappa shape index (κ3) is 4.83. The number of furan rings is 1. The molecule has 0 unspecified atom stereocenters. The van der Waals surface area contributed by atoms with Gasteiger partial charge in [-0.2, -0.15) is 0 Å². The number of fused-ring (bicyclic) bond motifs is 7. The minimum atomic E-state index is 0.586. The predicted molar refractivity (Wildman–Crippen MR) is 221 cm³/mol. The van der Waals surface area contributed by atoms with Gasteiger partial charge in [-0.3, -0.25) is 0 Å². The number of aromatic nitrogens is 4. The highest BCUT2D eigenvalue weighted by atomic mass is 16.3. The van der Waals surface area contributed by atoms with Gasteiger partial charge >= 0.3 is 0 Å². The Morgan fingerprint density at radius 2 is 0.963 bits per heavy atom. The quantitative estimate of drug-likeness (QED) is 0.180. The summed E-state index contributed by atoms with van der Waals surface area (Å²) in [6, 6.07) is 63.3. The van der Waals surface area contributed by atoms with Crippen LogP contribution >= 0.6 is 0 Å². The van der Waals surface area contributed by atoms with Crippen molar-refractivity contribution in [2.24, 2.45) is 0 Å². The maximum Gasteiger partial charge on any atom is 0.164 e. The van der Waals surface area contributed by atoms with Gasteiger partial charge in [0, 0.05) is 49.5 Å². The Labute approximate surface area is 310 Å². The zero-order valence-electron chi connectivity index (χ0n) is 29.0. The van der Waals surface area contributed by atoms with Crippen molar-refractivity contribution in [2.45, 2.75) is 0 Å². The fraction of sp³-hybridized carbons (Fsp3) is 0. The summed E-state index contributed by atoms with van der Waals surface area (Å²) in [7, 11) is 0. The van der Waals surface area contributed by atoms with Gasteiger partial charge in [0.15, 0.2) is 17.5 Å². The van der Waals surface area contributed by atoms with Crippen LogP contribution in [0.4, 0.5) is 0 Å². The van der Waals surface area contributed by atoms with Crippen LogP contribution in [0.25, 0.3) is 105 Å². The van der Waals surface area contributed by atoms with Crippen LogP contribution < -0.4 is 0 Å². The van der Waals surface area contributed by atoms with Gasteiger partial charge in [0.2, 0.25) is 0 Å². The second-order valence-corrected chi connectivity index (χ2v) is 13.6. The Bertz CT molecular complexity index is 3160. The molecule has 0 aliphatic carbocycles. The van der Waals surface area contributed by atoms with Crippen LogP contribution in [0.5, 0.6) is 0 Å². The Kier molecular flexibility index (Phi) is 6.79. The molecule has 0 radical (unpaired) electrons. The maximum atomic E-state index is 6.85. The summed E-state index contributed by atoms with van der Waals surface area (Å²) in [6.45, 7) is 0. The molecule has 0 amide bonds. The van der Waals surface area contributed by atoms with Crippen LogP contribution in [0.2, 0.25) is 0 Å². The summed E-state index contributed by atoms with van der Waals surface area (Å²) in [6.07, 6.45) is 0. The SMILES string of the molecule is c1ccc(-c2nc(-c3ccc4c(c3)oc3c(-c5ccccc5)cc(-n5c6ccccc6c6ccccc65)cc34)nc(-c3cccc4ccccc34)n2)cc1. The molecule has 54 heavy (non-hydrogen) atoms. The third-order valence-corrected chi connectivity index (χ3v) is 10.4. The first-order valence-electron chi connectivity index (χ1n) is 18.1. The van der Waals surface area contributed by atoms with Gasteiger partial charge in [-0.05, 0) is 52.7 Å². The molecule has 3 aromatic heterocycles. The molecular formula is C49H30N4O. The van der Waals surface area contributed by atoms with E-state index < -0.39 is 0 Å². The van der Waals surface area contributed by atoms with E-state index in [0.717, 1.165) is 66.2 Å². The molecule has 0 aliphatic heterocycles. The van der Waals surface area contributed by atoms with Crippen molar-refractivity contribution < 1.29 is 4.42 Å². The maximum absolute atomic E-state index is 6.85. The molecule has 0 bridgehead atoms. The van der Waals surface area contributed by atoms with E-state index in [4.69, 9.17) is 19.4 Å². The van der Waals surface area contributed by atoms with E-state index in [2.05, 4.69) is 150 Å². The van der Waals surface area contributed by atoms with Crippen LogP contribution in [-0.4, -0.2) is 19.5 Å². The first-order valence-corrected chi connectivity index (χ1v) is 18.1.